The number of nitrogen functional groups attached to an aromatic ring is 2. The summed E-state index contributed by atoms with van der Waals surface area (Å²) in [6.45, 7) is 0. The summed E-state index contributed by atoms with van der Waals surface area (Å²) in [7, 11) is -10.6. The van der Waals surface area contributed by atoms with E-state index in [9.17, 15) is 36.0 Å². The summed E-state index contributed by atoms with van der Waals surface area (Å²) >= 11 is 6.23. The predicted molar refractivity (Wildman–Crippen MR) is 149 cm³/mol. The van der Waals surface area contributed by atoms with Crippen molar-refractivity contribution in [3.8, 4) is 0 Å². The van der Waals surface area contributed by atoms with Gasteiger partial charge in [-0.25, -0.2) is 0 Å². The van der Waals surface area contributed by atoms with E-state index in [0.717, 1.165) is 12.1 Å². The van der Waals surface area contributed by atoms with Crippen molar-refractivity contribution >= 4 is 66.3 Å². The number of anilines is 2. The van der Waals surface area contributed by atoms with Gasteiger partial charge in [0, 0.05) is 27.8 Å². The molecule has 210 valence electrons. The fourth-order valence-corrected chi connectivity index (χ4v) is 8.18. The maximum Gasteiger partial charge on any atom is 0.313 e. The van der Waals surface area contributed by atoms with Gasteiger partial charge in [0.25, 0.3) is 0 Å². The van der Waals surface area contributed by atoms with E-state index < -0.39 is 80.7 Å². The summed E-state index contributed by atoms with van der Waals surface area (Å²) in [5.74, 6) is -2.81. The first-order valence-corrected chi connectivity index (χ1v) is 15.1. The van der Waals surface area contributed by atoms with E-state index in [2.05, 4.69) is 3.63 Å². The van der Waals surface area contributed by atoms with Crippen molar-refractivity contribution < 1.29 is 39.6 Å². The van der Waals surface area contributed by atoms with Crippen LogP contribution in [0.4, 0.5) is 11.4 Å². The van der Waals surface area contributed by atoms with Gasteiger partial charge in [-0.3, -0.25) is 19.2 Å². The zero-order valence-electron chi connectivity index (χ0n) is 20.9. The Bertz CT molecular complexity index is 2210. The number of carbonyl (C=O) groups excluding carboxylic acids is 4. The van der Waals surface area contributed by atoms with Crippen molar-refractivity contribution in [2.45, 2.75) is 9.79 Å². The van der Waals surface area contributed by atoms with Crippen LogP contribution in [-0.2, 0) is 23.9 Å². The highest BCUT2D eigenvalue weighted by Gasteiger charge is 2.40. The average molecular weight is 623 g/mol. The first-order chi connectivity index (χ1) is 19.8. The minimum absolute atomic E-state index is 0.0120. The van der Waals surface area contributed by atoms with Crippen molar-refractivity contribution in [2.75, 3.05) is 11.5 Å². The van der Waals surface area contributed by atoms with Crippen molar-refractivity contribution in [1.29, 1.82) is 0 Å². The molecule has 0 aliphatic heterocycles. The minimum atomic E-state index is -5.35. The van der Waals surface area contributed by atoms with Crippen molar-refractivity contribution in [3.05, 3.63) is 116 Å². The minimum Gasteiger partial charge on any atom is -0.397 e. The van der Waals surface area contributed by atoms with Crippen LogP contribution in [0.5, 0.6) is 0 Å². The van der Waals surface area contributed by atoms with Crippen LogP contribution in [0, 0.1) is 0 Å². The summed E-state index contributed by atoms with van der Waals surface area (Å²) in [6.07, 6.45) is 0. The lowest BCUT2D eigenvalue weighted by Gasteiger charge is -2.22. The average Bonchev–Trinajstić information content (AvgIpc) is 2.94. The van der Waals surface area contributed by atoms with Crippen LogP contribution in [0.1, 0.15) is 63.7 Å². The number of fused-ring (bicyclic) bond motifs is 4. The molecule has 0 radical (unpaired) electrons. The van der Waals surface area contributed by atoms with Crippen molar-refractivity contribution in [3.63, 3.8) is 0 Å². The monoisotopic (exact) mass is 622 g/mol. The van der Waals surface area contributed by atoms with Gasteiger partial charge >= 0.3 is 20.2 Å². The molecule has 0 spiro atoms. The molecular formula is C28H15ClN2O9S2. The van der Waals surface area contributed by atoms with E-state index in [1.54, 1.807) is 6.07 Å². The van der Waals surface area contributed by atoms with Gasteiger partial charge in [0.15, 0.2) is 23.1 Å². The van der Waals surface area contributed by atoms with Crippen molar-refractivity contribution in [1.82, 2.24) is 0 Å². The molecule has 42 heavy (non-hydrogen) atoms. The van der Waals surface area contributed by atoms with Gasteiger partial charge in [-0.2, -0.15) is 16.8 Å². The van der Waals surface area contributed by atoms with Gasteiger partial charge in [-0.15, -0.1) is 3.63 Å². The summed E-state index contributed by atoms with van der Waals surface area (Å²) in [6, 6.07) is 14.2. The van der Waals surface area contributed by atoms with E-state index in [-0.39, 0.29) is 33.4 Å². The topological polar surface area (TPSA) is 198 Å². The third kappa shape index (κ3) is 3.82. The highest BCUT2D eigenvalue weighted by molar-refractivity contribution is 8.00. The largest absolute Gasteiger partial charge is 0.397 e. The third-order valence-electron chi connectivity index (χ3n) is 6.96. The summed E-state index contributed by atoms with van der Waals surface area (Å²) < 4.78 is 57.7. The van der Waals surface area contributed by atoms with E-state index in [0.29, 0.717) is 6.07 Å². The van der Waals surface area contributed by atoms with E-state index in [4.69, 9.17) is 23.1 Å². The number of ketones is 4. The Morgan fingerprint density at radius 2 is 0.952 bits per heavy atom. The van der Waals surface area contributed by atoms with Crippen LogP contribution in [0.3, 0.4) is 0 Å². The molecule has 0 unspecified atom stereocenters. The molecule has 0 saturated carbocycles. The SMILES string of the molecule is Nc1c(S(=O)(=O)OS(=O)(=O)c2cc(Cl)c3c(c2N)C(=O)c2ccccc2C3=O)ccc2c1C(=O)c1ccccc1C2=O. The molecule has 2 aliphatic rings. The summed E-state index contributed by atoms with van der Waals surface area (Å²) in [5.41, 5.74) is 9.19. The molecular weight excluding hydrogens is 608 g/mol. The number of rotatable bonds is 4. The van der Waals surface area contributed by atoms with Crippen LogP contribution >= 0.6 is 11.6 Å². The Morgan fingerprint density at radius 3 is 1.50 bits per heavy atom. The molecule has 0 fully saturated rings. The first-order valence-electron chi connectivity index (χ1n) is 11.9. The van der Waals surface area contributed by atoms with Crippen LogP contribution in [0.2, 0.25) is 5.02 Å². The third-order valence-corrected chi connectivity index (χ3v) is 10.5. The molecule has 0 aromatic heterocycles. The Labute approximate surface area is 242 Å². The molecule has 2 aliphatic carbocycles. The lowest BCUT2D eigenvalue weighted by molar-refractivity contribution is 0.0979. The van der Waals surface area contributed by atoms with Gasteiger partial charge in [0.05, 0.1) is 33.1 Å². The lowest BCUT2D eigenvalue weighted by Crippen LogP contribution is -2.26. The Balaban J connectivity index is 1.44. The summed E-state index contributed by atoms with van der Waals surface area (Å²) in [4.78, 5) is 50.4. The maximum absolute atomic E-state index is 13.3. The van der Waals surface area contributed by atoms with Gasteiger partial charge in [-0.1, -0.05) is 60.1 Å². The lowest BCUT2D eigenvalue weighted by atomic mass is 9.83. The number of hydrogen-bond acceptors (Lipinski definition) is 11. The molecule has 0 bridgehead atoms. The van der Waals surface area contributed by atoms with E-state index >= 15 is 0 Å². The molecule has 4 aromatic carbocycles. The number of carbonyl (C=O) groups is 4. The molecule has 11 nitrogen and oxygen atoms in total. The van der Waals surface area contributed by atoms with Gasteiger partial charge in [-0.05, 0) is 18.2 Å². The van der Waals surface area contributed by atoms with Crippen LogP contribution < -0.4 is 11.5 Å². The molecule has 14 heteroatoms. The van der Waals surface area contributed by atoms with Crippen molar-refractivity contribution in [2.24, 2.45) is 0 Å². The smallest absolute Gasteiger partial charge is 0.313 e. The van der Waals surface area contributed by atoms with E-state index in [1.165, 1.54) is 42.5 Å². The van der Waals surface area contributed by atoms with E-state index in [1.807, 2.05) is 0 Å². The number of hydrogen-bond donors (Lipinski definition) is 2. The quantitative estimate of drug-likeness (QED) is 0.274. The van der Waals surface area contributed by atoms with Crippen LogP contribution in [0.15, 0.2) is 76.5 Å². The van der Waals surface area contributed by atoms with Crippen LogP contribution in [0.25, 0.3) is 0 Å². The highest BCUT2D eigenvalue weighted by Crippen LogP contribution is 2.41. The van der Waals surface area contributed by atoms with Gasteiger partial charge in [0.1, 0.15) is 9.79 Å². The second kappa shape index (κ2) is 9.16. The molecule has 4 N–H and O–H groups in total. The fraction of sp³-hybridized carbons (Fsp3) is 0. The number of nitrogens with two attached hydrogens (primary N) is 2. The Morgan fingerprint density at radius 1 is 0.524 bits per heavy atom. The second-order valence-corrected chi connectivity index (χ2v) is 13.0. The zero-order chi connectivity index (χ0) is 30.3. The summed E-state index contributed by atoms with van der Waals surface area (Å²) in [5, 5.41) is -0.484. The first kappa shape index (κ1) is 27.5. The van der Waals surface area contributed by atoms with Gasteiger partial charge < -0.3 is 11.5 Å². The fourth-order valence-electron chi connectivity index (χ4n) is 5.06. The molecule has 0 heterocycles. The molecule has 6 rings (SSSR count). The molecule has 4 aromatic rings. The molecule has 0 saturated heterocycles. The maximum atomic E-state index is 13.3. The number of halogens is 1. The number of benzene rings is 4. The Kier molecular flexibility index (Phi) is 5.99. The van der Waals surface area contributed by atoms with Crippen LogP contribution in [-0.4, -0.2) is 40.0 Å². The highest BCUT2D eigenvalue weighted by atomic mass is 35.5. The zero-order valence-corrected chi connectivity index (χ0v) is 23.3. The Hall–Kier alpha value is -4.69. The second-order valence-electron chi connectivity index (χ2n) is 9.30. The normalized spacial score (nSPS) is 14.2. The van der Waals surface area contributed by atoms with Gasteiger partial charge in [0.2, 0.25) is 0 Å². The molecule has 0 atom stereocenters. The predicted octanol–water partition coefficient (Wildman–Crippen LogP) is 3.15. The molecule has 0 amide bonds. The standard InChI is InChI=1S/C28H15ClN2O9S2/c29-17-11-19(24(31)22-21(17)27(34)14-7-3-4-8-15(14)28(22)35)42(38,39)40-41(36,37)18-10-9-16-20(23(18)30)26(33)13-6-2-1-5-12(13)25(16)32/h1-11H,30-31H2.